The van der Waals surface area contributed by atoms with Crippen molar-refractivity contribution in [2.45, 2.75) is 32.7 Å². The average molecular weight is 333 g/mol. The molecule has 1 atom stereocenters. The largest absolute Gasteiger partial charge is 0.346 e. The highest BCUT2D eigenvalue weighted by Gasteiger charge is 2.29. The van der Waals surface area contributed by atoms with Gasteiger partial charge in [-0.3, -0.25) is 14.4 Å². The minimum Gasteiger partial charge on any atom is -0.346 e. The monoisotopic (exact) mass is 333 g/mol. The summed E-state index contributed by atoms with van der Waals surface area (Å²) in [5.74, 6) is -0.223. The van der Waals surface area contributed by atoms with E-state index >= 15 is 0 Å². The van der Waals surface area contributed by atoms with E-state index < -0.39 is 6.04 Å². The molecule has 0 aromatic carbocycles. The molecule has 1 aliphatic carbocycles. The zero-order valence-corrected chi connectivity index (χ0v) is 13.8. The van der Waals surface area contributed by atoms with Crippen molar-refractivity contribution >= 4 is 29.2 Å². The van der Waals surface area contributed by atoms with Gasteiger partial charge in [-0.05, 0) is 30.9 Å². The quantitative estimate of drug-likeness (QED) is 0.577. The van der Waals surface area contributed by atoms with Crippen LogP contribution in [0, 0.1) is 11.8 Å². The van der Waals surface area contributed by atoms with E-state index in [1.54, 1.807) is 12.1 Å². The lowest BCUT2D eigenvalue weighted by Crippen LogP contribution is -2.46. The Labute approximate surface area is 140 Å². The summed E-state index contributed by atoms with van der Waals surface area (Å²) in [6, 6.07) is 2.60. The summed E-state index contributed by atoms with van der Waals surface area (Å²) in [5, 5.41) is 7.81. The van der Waals surface area contributed by atoms with Crippen LogP contribution in [0.2, 0.25) is 0 Å². The molecule has 3 amide bonds. The van der Waals surface area contributed by atoms with E-state index in [1.165, 1.54) is 6.20 Å². The number of rotatable bonds is 7. The molecule has 0 saturated heterocycles. The van der Waals surface area contributed by atoms with Gasteiger partial charge in [0.05, 0.1) is 24.5 Å². The first kappa shape index (κ1) is 17.9. The summed E-state index contributed by atoms with van der Waals surface area (Å²) in [6.07, 6.45) is 3.29. The van der Waals surface area contributed by atoms with Crippen LogP contribution < -0.4 is 21.7 Å². The average Bonchev–Trinajstić information content (AvgIpc) is 3.38. The van der Waals surface area contributed by atoms with Gasteiger partial charge < -0.3 is 21.7 Å². The summed E-state index contributed by atoms with van der Waals surface area (Å²) in [7, 11) is 0. The number of nitrogens with two attached hydrogens (primary N) is 1. The van der Waals surface area contributed by atoms with E-state index in [0.29, 0.717) is 11.5 Å². The van der Waals surface area contributed by atoms with E-state index in [1.807, 2.05) is 13.8 Å². The zero-order chi connectivity index (χ0) is 17.7. The summed E-state index contributed by atoms with van der Waals surface area (Å²) < 4.78 is 0. The number of amides is 3. The topological polar surface area (TPSA) is 126 Å². The van der Waals surface area contributed by atoms with Gasteiger partial charge >= 0.3 is 0 Å². The zero-order valence-electron chi connectivity index (χ0n) is 13.8. The molecule has 0 unspecified atom stereocenters. The van der Waals surface area contributed by atoms with Crippen molar-refractivity contribution in [2.75, 3.05) is 17.2 Å². The van der Waals surface area contributed by atoms with Gasteiger partial charge in [0.15, 0.2) is 0 Å². The molecule has 1 aromatic heterocycles. The summed E-state index contributed by atoms with van der Waals surface area (Å²) in [4.78, 5) is 39.2. The van der Waals surface area contributed by atoms with Crippen LogP contribution in [0.1, 0.15) is 26.7 Å². The molecule has 0 radical (unpaired) electrons. The van der Waals surface area contributed by atoms with Gasteiger partial charge in [-0.1, -0.05) is 13.8 Å². The number of aromatic nitrogens is 1. The van der Waals surface area contributed by atoms with Crippen LogP contribution in [0.3, 0.4) is 0 Å². The number of pyridine rings is 1. The molecule has 5 N–H and O–H groups in total. The molecule has 1 aliphatic rings. The van der Waals surface area contributed by atoms with E-state index in [4.69, 9.17) is 5.73 Å². The third kappa shape index (κ3) is 5.31. The van der Waals surface area contributed by atoms with Gasteiger partial charge in [-0.25, -0.2) is 4.98 Å². The number of hydrogen-bond acceptors (Lipinski definition) is 5. The minimum absolute atomic E-state index is 0.00402. The Hall–Kier alpha value is -2.48. The number of anilines is 2. The molecule has 24 heavy (non-hydrogen) atoms. The van der Waals surface area contributed by atoms with Gasteiger partial charge in [0.25, 0.3) is 0 Å². The standard InChI is InChI=1S/C16H23N5O3/c1-9(2)14(17)16(24)19-8-13(22)20-11-5-6-12(18-7-11)21-15(23)10-3-4-10/h5-7,9-10,14H,3-4,8,17H2,1-2H3,(H,19,24)(H,20,22)(H,18,21,23)/t14-/m0/s1. The summed E-state index contributed by atoms with van der Waals surface area (Å²) >= 11 is 0. The second-order valence-corrected chi connectivity index (χ2v) is 6.23. The lowest BCUT2D eigenvalue weighted by Gasteiger charge is -2.15. The van der Waals surface area contributed by atoms with Crippen molar-refractivity contribution in [3.63, 3.8) is 0 Å². The molecule has 130 valence electrons. The number of hydrogen-bond donors (Lipinski definition) is 4. The van der Waals surface area contributed by atoms with Crippen LogP contribution in [-0.4, -0.2) is 35.3 Å². The predicted octanol–water partition coefficient (Wildman–Crippen LogP) is 0.468. The fourth-order valence-electron chi connectivity index (χ4n) is 1.91. The van der Waals surface area contributed by atoms with Crippen LogP contribution >= 0.6 is 0 Å². The Morgan fingerprint density at radius 1 is 1.25 bits per heavy atom. The molecule has 8 nitrogen and oxygen atoms in total. The van der Waals surface area contributed by atoms with Gasteiger partial charge in [-0.15, -0.1) is 0 Å². The lowest BCUT2D eigenvalue weighted by molar-refractivity contribution is -0.125. The first-order valence-corrected chi connectivity index (χ1v) is 7.97. The first-order valence-electron chi connectivity index (χ1n) is 7.97. The van der Waals surface area contributed by atoms with Crippen molar-refractivity contribution in [1.82, 2.24) is 10.3 Å². The molecule has 0 aliphatic heterocycles. The van der Waals surface area contributed by atoms with Crippen LogP contribution in [-0.2, 0) is 14.4 Å². The number of nitrogens with zero attached hydrogens (tertiary/aromatic N) is 1. The van der Waals surface area contributed by atoms with Crippen molar-refractivity contribution in [3.05, 3.63) is 18.3 Å². The molecule has 0 spiro atoms. The predicted molar refractivity (Wildman–Crippen MR) is 90.0 cm³/mol. The molecule has 1 saturated carbocycles. The van der Waals surface area contributed by atoms with Crippen molar-refractivity contribution in [1.29, 1.82) is 0 Å². The maximum absolute atomic E-state index is 11.8. The van der Waals surface area contributed by atoms with Crippen molar-refractivity contribution in [3.8, 4) is 0 Å². The third-order valence-corrected chi connectivity index (χ3v) is 3.69. The van der Waals surface area contributed by atoms with Gasteiger partial charge in [0, 0.05) is 5.92 Å². The third-order valence-electron chi connectivity index (χ3n) is 3.69. The summed E-state index contributed by atoms with van der Waals surface area (Å²) in [5.41, 5.74) is 6.17. The van der Waals surface area contributed by atoms with Gasteiger partial charge in [-0.2, -0.15) is 0 Å². The van der Waals surface area contributed by atoms with Crippen molar-refractivity contribution < 1.29 is 14.4 Å². The minimum atomic E-state index is -0.645. The fourth-order valence-corrected chi connectivity index (χ4v) is 1.91. The Bertz CT molecular complexity index is 611. The second-order valence-electron chi connectivity index (χ2n) is 6.23. The van der Waals surface area contributed by atoms with E-state index in [0.717, 1.165) is 12.8 Å². The molecule has 1 aromatic rings. The van der Waals surface area contributed by atoms with Crippen LogP contribution in [0.25, 0.3) is 0 Å². The van der Waals surface area contributed by atoms with Gasteiger partial charge in [0.2, 0.25) is 17.7 Å². The van der Waals surface area contributed by atoms with Crippen LogP contribution in [0.5, 0.6) is 0 Å². The highest BCUT2D eigenvalue weighted by atomic mass is 16.2. The Morgan fingerprint density at radius 3 is 2.50 bits per heavy atom. The smallest absolute Gasteiger partial charge is 0.243 e. The lowest BCUT2D eigenvalue weighted by atomic mass is 10.1. The number of nitrogens with one attached hydrogen (secondary N) is 3. The molecular formula is C16H23N5O3. The highest BCUT2D eigenvalue weighted by molar-refractivity contribution is 5.96. The number of carbonyl (C=O) groups excluding carboxylic acids is 3. The fraction of sp³-hybridized carbons (Fsp3) is 0.500. The Morgan fingerprint density at radius 2 is 1.96 bits per heavy atom. The molecule has 2 rings (SSSR count). The molecule has 1 fully saturated rings. The highest BCUT2D eigenvalue weighted by Crippen LogP contribution is 2.29. The van der Waals surface area contributed by atoms with Crippen LogP contribution in [0.15, 0.2) is 18.3 Å². The molecule has 0 bridgehead atoms. The maximum Gasteiger partial charge on any atom is 0.243 e. The number of carbonyl (C=O) groups is 3. The molecular weight excluding hydrogens is 310 g/mol. The summed E-state index contributed by atoms with van der Waals surface area (Å²) in [6.45, 7) is 3.50. The van der Waals surface area contributed by atoms with Crippen molar-refractivity contribution in [2.24, 2.45) is 17.6 Å². The molecule has 1 heterocycles. The second kappa shape index (κ2) is 7.87. The van der Waals surface area contributed by atoms with E-state index in [-0.39, 0.29) is 36.1 Å². The van der Waals surface area contributed by atoms with Crippen LogP contribution in [0.4, 0.5) is 11.5 Å². The Kier molecular flexibility index (Phi) is 5.86. The normalized spacial score (nSPS) is 14.8. The Balaban J connectivity index is 1.77. The maximum atomic E-state index is 11.8. The van der Waals surface area contributed by atoms with E-state index in [2.05, 4.69) is 20.9 Å². The first-order chi connectivity index (χ1) is 11.4. The van der Waals surface area contributed by atoms with Gasteiger partial charge in [0.1, 0.15) is 5.82 Å². The molecule has 8 heteroatoms. The SMILES string of the molecule is CC(C)[C@H](N)C(=O)NCC(=O)Nc1ccc(NC(=O)C2CC2)nc1. The van der Waals surface area contributed by atoms with E-state index in [9.17, 15) is 14.4 Å².